The van der Waals surface area contributed by atoms with Gasteiger partial charge in [0.2, 0.25) is 5.78 Å². The van der Waals surface area contributed by atoms with Crippen LogP contribution in [0, 0.1) is 6.92 Å². The minimum atomic E-state index is -0.118. The third-order valence-electron chi connectivity index (χ3n) is 5.43. The van der Waals surface area contributed by atoms with Crippen LogP contribution in [-0.2, 0) is 13.1 Å². The Labute approximate surface area is 193 Å². The number of allylic oxidation sites excluding steroid dienone is 1. The number of nitrogens with zero attached hydrogens (tertiary/aromatic N) is 1. The number of carbonyl (C=O) groups excluding carboxylic acids is 1. The maximum atomic E-state index is 13.2. The smallest absolute Gasteiger partial charge is 0.232 e. The van der Waals surface area contributed by atoms with Gasteiger partial charge in [-0.05, 0) is 54.3 Å². The van der Waals surface area contributed by atoms with Crippen molar-refractivity contribution in [2.75, 3.05) is 13.8 Å². The molecule has 0 radical (unpaired) electrons. The van der Waals surface area contributed by atoms with Crippen LogP contribution in [0.3, 0.4) is 0 Å². The molecule has 1 aromatic heterocycles. The van der Waals surface area contributed by atoms with E-state index in [1.807, 2.05) is 31.2 Å². The van der Waals surface area contributed by atoms with Crippen LogP contribution >= 0.6 is 27.3 Å². The predicted molar refractivity (Wildman–Crippen MR) is 124 cm³/mol. The summed E-state index contributed by atoms with van der Waals surface area (Å²) in [5, 5.41) is 2.07. The van der Waals surface area contributed by atoms with Crippen LogP contribution in [0.15, 0.2) is 52.0 Å². The lowest BCUT2D eigenvalue weighted by Gasteiger charge is -2.29. The van der Waals surface area contributed by atoms with Crippen molar-refractivity contribution in [1.29, 1.82) is 0 Å². The van der Waals surface area contributed by atoms with Crippen molar-refractivity contribution < 1.29 is 19.0 Å². The Hall–Kier alpha value is -2.61. The monoisotopic (exact) mass is 497 g/mol. The number of benzene rings is 2. The molecule has 0 N–H and O–H groups in total. The van der Waals surface area contributed by atoms with Gasteiger partial charge in [0, 0.05) is 28.0 Å². The summed E-state index contributed by atoms with van der Waals surface area (Å²) in [7, 11) is 1.61. The van der Waals surface area contributed by atoms with Gasteiger partial charge >= 0.3 is 0 Å². The summed E-state index contributed by atoms with van der Waals surface area (Å²) in [5.41, 5.74) is 3.16. The van der Waals surface area contributed by atoms with E-state index in [-0.39, 0.29) is 5.78 Å². The third-order valence-corrected chi connectivity index (χ3v) is 6.78. The quantitative estimate of drug-likeness (QED) is 0.426. The number of halogens is 1. The maximum absolute atomic E-state index is 13.2. The van der Waals surface area contributed by atoms with Crippen molar-refractivity contribution in [2.24, 2.45) is 0 Å². The summed E-state index contributed by atoms with van der Waals surface area (Å²) >= 11 is 5.20. The number of ether oxygens (including phenoxy) is 3. The van der Waals surface area contributed by atoms with E-state index < -0.39 is 0 Å². The molecule has 2 aromatic carbocycles. The number of ketones is 1. The summed E-state index contributed by atoms with van der Waals surface area (Å²) in [6.45, 7) is 3.89. The molecule has 2 aliphatic heterocycles. The number of thiophene rings is 1. The topological polar surface area (TPSA) is 48.0 Å². The molecule has 0 spiro atoms. The zero-order valence-corrected chi connectivity index (χ0v) is 19.5. The summed E-state index contributed by atoms with van der Waals surface area (Å²) < 4.78 is 18.5. The van der Waals surface area contributed by atoms with Gasteiger partial charge in [0.1, 0.15) is 24.0 Å². The molecule has 0 fully saturated rings. The lowest BCUT2D eigenvalue weighted by Crippen LogP contribution is -2.31. The van der Waals surface area contributed by atoms with E-state index in [9.17, 15) is 4.79 Å². The lowest BCUT2D eigenvalue weighted by molar-refractivity contribution is 0.0881. The second kappa shape index (κ2) is 8.15. The zero-order chi connectivity index (χ0) is 21.5. The van der Waals surface area contributed by atoms with Crippen LogP contribution in [0.25, 0.3) is 6.08 Å². The first-order valence-corrected chi connectivity index (χ1v) is 11.5. The summed E-state index contributed by atoms with van der Waals surface area (Å²) in [6.07, 6.45) is 1.74. The standard InChI is InChI=1S/C24H20BrNO4S/c1-14-8-20-18(12-26(13-29-20)11-17-4-3-7-31-17)24-22(14)23(27)21(30-24)10-15-9-16(25)5-6-19(15)28-2/h3-10H,11-13H2,1-2H3/b21-10-. The van der Waals surface area contributed by atoms with Gasteiger partial charge in [-0.2, -0.15) is 0 Å². The van der Waals surface area contributed by atoms with E-state index in [1.165, 1.54) is 4.88 Å². The predicted octanol–water partition coefficient (Wildman–Crippen LogP) is 5.80. The van der Waals surface area contributed by atoms with E-state index >= 15 is 0 Å². The highest BCUT2D eigenvalue weighted by Crippen LogP contribution is 2.44. The number of hydrogen-bond acceptors (Lipinski definition) is 6. The SMILES string of the molecule is COc1ccc(Br)cc1/C=C1\Oc2c3c(cc(C)c2C1=O)OCN(Cc1cccs1)C3. The lowest BCUT2D eigenvalue weighted by atomic mass is 9.98. The molecule has 3 aromatic rings. The van der Waals surface area contributed by atoms with Crippen molar-refractivity contribution in [3.8, 4) is 17.2 Å². The summed E-state index contributed by atoms with van der Waals surface area (Å²) in [6, 6.07) is 11.8. The largest absolute Gasteiger partial charge is 0.496 e. The molecule has 0 saturated carbocycles. The maximum Gasteiger partial charge on any atom is 0.232 e. The van der Waals surface area contributed by atoms with Gasteiger partial charge in [0.05, 0.1) is 18.2 Å². The van der Waals surface area contributed by atoms with Crippen molar-refractivity contribution in [3.63, 3.8) is 0 Å². The van der Waals surface area contributed by atoms with Gasteiger partial charge < -0.3 is 14.2 Å². The minimum absolute atomic E-state index is 0.118. The molecule has 2 aliphatic rings. The van der Waals surface area contributed by atoms with Gasteiger partial charge in [-0.15, -0.1) is 11.3 Å². The molecule has 0 bridgehead atoms. The van der Waals surface area contributed by atoms with Crippen molar-refractivity contribution in [1.82, 2.24) is 4.90 Å². The molecule has 5 rings (SSSR count). The molecule has 0 atom stereocenters. The average molecular weight is 498 g/mol. The molecule has 0 unspecified atom stereocenters. The van der Waals surface area contributed by atoms with Crippen LogP contribution in [-0.4, -0.2) is 24.5 Å². The zero-order valence-electron chi connectivity index (χ0n) is 17.1. The molecule has 0 saturated heterocycles. The van der Waals surface area contributed by atoms with Gasteiger partial charge in [-0.1, -0.05) is 22.0 Å². The Balaban J connectivity index is 1.51. The van der Waals surface area contributed by atoms with Gasteiger partial charge in [-0.3, -0.25) is 9.69 Å². The fraction of sp³-hybridized carbons (Fsp3) is 0.208. The first-order chi connectivity index (χ1) is 15.0. The van der Waals surface area contributed by atoms with Crippen LogP contribution in [0.2, 0.25) is 0 Å². The minimum Gasteiger partial charge on any atom is -0.496 e. The van der Waals surface area contributed by atoms with E-state index in [1.54, 1.807) is 24.5 Å². The number of carbonyl (C=O) groups is 1. The molecule has 158 valence electrons. The second-order valence-corrected chi connectivity index (χ2v) is 9.49. The second-order valence-electron chi connectivity index (χ2n) is 7.54. The Morgan fingerprint density at radius 3 is 2.94 bits per heavy atom. The number of methoxy groups -OCH3 is 1. The molecule has 7 heteroatoms. The molecular formula is C24H20BrNO4S. The number of rotatable bonds is 4. The van der Waals surface area contributed by atoms with Gasteiger partial charge in [0.15, 0.2) is 5.76 Å². The van der Waals surface area contributed by atoms with E-state index in [0.717, 1.165) is 33.5 Å². The highest BCUT2D eigenvalue weighted by molar-refractivity contribution is 9.10. The van der Waals surface area contributed by atoms with E-state index in [0.29, 0.717) is 36.1 Å². The first kappa shape index (κ1) is 20.3. The van der Waals surface area contributed by atoms with Crippen molar-refractivity contribution in [2.45, 2.75) is 20.0 Å². The Kier molecular flexibility index (Phi) is 5.33. The van der Waals surface area contributed by atoms with Crippen LogP contribution in [0.5, 0.6) is 17.2 Å². The van der Waals surface area contributed by atoms with Crippen LogP contribution in [0.1, 0.15) is 31.9 Å². The molecule has 5 nitrogen and oxygen atoms in total. The van der Waals surface area contributed by atoms with Crippen LogP contribution in [0.4, 0.5) is 0 Å². The Morgan fingerprint density at radius 1 is 1.29 bits per heavy atom. The van der Waals surface area contributed by atoms with E-state index in [2.05, 4.69) is 38.3 Å². The molecule has 3 heterocycles. The number of Topliss-reactive ketones (excluding diaryl/α,β-unsaturated/α-hetero) is 1. The number of hydrogen-bond donors (Lipinski definition) is 0. The highest BCUT2D eigenvalue weighted by Gasteiger charge is 2.35. The van der Waals surface area contributed by atoms with E-state index in [4.69, 9.17) is 14.2 Å². The van der Waals surface area contributed by atoms with Crippen LogP contribution < -0.4 is 14.2 Å². The fourth-order valence-electron chi connectivity index (χ4n) is 3.96. The van der Waals surface area contributed by atoms with Gasteiger partial charge in [0.25, 0.3) is 0 Å². The normalized spacial score (nSPS) is 16.6. The van der Waals surface area contributed by atoms with Crippen molar-refractivity contribution in [3.05, 3.63) is 79.1 Å². The Morgan fingerprint density at radius 2 is 2.16 bits per heavy atom. The first-order valence-electron chi connectivity index (χ1n) is 9.85. The number of aryl methyl sites for hydroxylation is 1. The summed E-state index contributed by atoms with van der Waals surface area (Å²) in [4.78, 5) is 16.7. The third kappa shape index (κ3) is 3.78. The highest BCUT2D eigenvalue weighted by atomic mass is 79.9. The Bertz CT molecular complexity index is 1200. The molecule has 0 aliphatic carbocycles. The molecule has 31 heavy (non-hydrogen) atoms. The number of fused-ring (bicyclic) bond motifs is 3. The fourth-order valence-corrected chi connectivity index (χ4v) is 5.08. The molecule has 0 amide bonds. The summed E-state index contributed by atoms with van der Waals surface area (Å²) in [5.74, 6) is 2.24. The van der Waals surface area contributed by atoms with Crippen molar-refractivity contribution >= 4 is 39.1 Å². The average Bonchev–Trinajstić information content (AvgIpc) is 3.37. The van der Waals surface area contributed by atoms with Gasteiger partial charge in [-0.25, -0.2) is 0 Å². The molecular weight excluding hydrogens is 478 g/mol.